The van der Waals surface area contributed by atoms with Crippen LogP contribution in [-0.2, 0) is 0 Å². The van der Waals surface area contributed by atoms with Gasteiger partial charge >= 0.3 is 0 Å². The van der Waals surface area contributed by atoms with Gasteiger partial charge in [-0.2, -0.15) is 5.26 Å². The highest BCUT2D eigenvalue weighted by atomic mass is 35.5. The second-order valence-corrected chi connectivity index (χ2v) is 13.3. The minimum absolute atomic E-state index is 0.138. The summed E-state index contributed by atoms with van der Waals surface area (Å²) in [5.74, 6) is 1.47. The lowest BCUT2D eigenvalue weighted by Crippen LogP contribution is -2.74. The van der Waals surface area contributed by atoms with E-state index >= 15 is 0 Å². The number of piperidine rings is 2. The molecule has 0 spiro atoms. The Balaban J connectivity index is 1.14. The van der Waals surface area contributed by atoms with E-state index in [0.717, 1.165) is 58.4 Å². The van der Waals surface area contributed by atoms with Crippen molar-refractivity contribution in [3.05, 3.63) is 40.7 Å². The normalized spacial score (nSPS) is 24.8. The van der Waals surface area contributed by atoms with Gasteiger partial charge in [-0.25, -0.2) is 4.98 Å². The molecule has 2 saturated heterocycles. The van der Waals surface area contributed by atoms with E-state index in [4.69, 9.17) is 21.6 Å². The van der Waals surface area contributed by atoms with E-state index < -0.39 is 0 Å². The van der Waals surface area contributed by atoms with Crippen LogP contribution in [0.25, 0.3) is 0 Å². The molecule has 1 saturated carbocycles. The van der Waals surface area contributed by atoms with Gasteiger partial charge in [0.05, 0.1) is 22.9 Å². The second-order valence-electron chi connectivity index (χ2n) is 12.9. The average Bonchev–Trinajstić information content (AvgIpc) is 2.96. The molecule has 41 heavy (non-hydrogen) atoms. The molecule has 0 radical (unpaired) electrons. The number of carbonyl (C=O) groups is 1. The van der Waals surface area contributed by atoms with Gasteiger partial charge in [-0.05, 0) is 43.7 Å². The monoisotopic (exact) mass is 581 g/mol. The smallest absolute Gasteiger partial charge is 0.273 e. The third-order valence-electron chi connectivity index (χ3n) is 9.18. The molecule has 5 rings (SSSR count). The van der Waals surface area contributed by atoms with Crippen LogP contribution >= 0.6 is 11.6 Å². The van der Waals surface area contributed by atoms with E-state index in [0.29, 0.717) is 28.2 Å². The van der Waals surface area contributed by atoms with Crippen LogP contribution in [0.15, 0.2) is 24.4 Å². The topological polar surface area (TPSA) is 128 Å². The number of nitriles is 1. The van der Waals surface area contributed by atoms with E-state index in [1.807, 2.05) is 0 Å². The highest BCUT2D eigenvalue weighted by molar-refractivity contribution is 6.31. The van der Waals surface area contributed by atoms with Gasteiger partial charge in [-0.15, -0.1) is 10.2 Å². The van der Waals surface area contributed by atoms with Crippen LogP contribution in [0.3, 0.4) is 0 Å². The fourth-order valence-corrected chi connectivity index (χ4v) is 7.31. The summed E-state index contributed by atoms with van der Waals surface area (Å²) < 4.78 is 6.31. The van der Waals surface area contributed by atoms with Crippen molar-refractivity contribution in [2.24, 2.45) is 16.7 Å². The fraction of sp³-hybridized carbons (Fsp3) is 0.633. The van der Waals surface area contributed by atoms with E-state index in [-0.39, 0.29) is 40.7 Å². The molecule has 2 aromatic rings. The predicted molar refractivity (Wildman–Crippen MR) is 156 cm³/mol. The number of aliphatic hydroxyl groups excluding tert-OH is 1. The SMILES string of the molecule is CC1(C)C(NC(=O)c2cnc(N3CCC(CN4CCC(O)CC4)CC3)nn2)C(C)(C)C1Oc1ccc(C#N)c(Cl)c1. The molecular formula is C30H40ClN7O3. The van der Waals surface area contributed by atoms with Crippen molar-refractivity contribution in [1.82, 2.24) is 25.4 Å². The number of likely N-dealkylation sites (tertiary alicyclic amines) is 1. The molecule has 1 aliphatic carbocycles. The Morgan fingerprint density at radius 3 is 2.39 bits per heavy atom. The molecule has 3 aliphatic rings. The lowest BCUT2D eigenvalue weighted by molar-refractivity contribution is -0.164. The summed E-state index contributed by atoms with van der Waals surface area (Å²) >= 11 is 6.20. The van der Waals surface area contributed by atoms with E-state index in [2.05, 4.69) is 64.1 Å². The molecule has 3 fully saturated rings. The number of hydrogen-bond donors (Lipinski definition) is 2. The minimum atomic E-state index is -0.376. The van der Waals surface area contributed by atoms with Gasteiger partial charge in [0.15, 0.2) is 5.69 Å². The molecule has 1 aromatic heterocycles. The molecule has 0 bridgehead atoms. The first-order valence-corrected chi connectivity index (χ1v) is 14.9. The maximum absolute atomic E-state index is 13.2. The molecule has 0 unspecified atom stereocenters. The number of carbonyl (C=O) groups excluding carboxylic acids is 1. The Hall–Kier alpha value is -3.00. The molecule has 3 heterocycles. The Morgan fingerprint density at radius 2 is 1.80 bits per heavy atom. The molecule has 2 N–H and O–H groups in total. The number of benzene rings is 1. The number of rotatable bonds is 7. The van der Waals surface area contributed by atoms with Crippen LogP contribution in [0, 0.1) is 28.1 Å². The number of aliphatic hydroxyl groups is 1. The van der Waals surface area contributed by atoms with Crippen molar-refractivity contribution >= 4 is 23.5 Å². The zero-order valence-electron chi connectivity index (χ0n) is 24.3. The maximum atomic E-state index is 13.2. The van der Waals surface area contributed by atoms with Crippen molar-refractivity contribution < 1.29 is 14.6 Å². The Kier molecular flexibility index (Phi) is 8.42. The Morgan fingerprint density at radius 1 is 1.12 bits per heavy atom. The number of anilines is 1. The zero-order chi connectivity index (χ0) is 29.4. The molecule has 1 aromatic carbocycles. The molecule has 2 aliphatic heterocycles. The summed E-state index contributed by atoms with van der Waals surface area (Å²) in [6.07, 6.45) is 5.05. The highest BCUT2D eigenvalue weighted by Crippen LogP contribution is 2.55. The molecular weight excluding hydrogens is 542 g/mol. The lowest BCUT2D eigenvalue weighted by atomic mass is 9.49. The first-order valence-electron chi connectivity index (χ1n) is 14.5. The standard InChI is InChI=1S/C30H40ClN7O3/c1-29(2)26(30(3,4)27(29)41-22-6-5-20(16-32)23(31)15-22)34-25(40)24-17-33-28(36-35-24)38-13-7-19(8-14-38)18-37-11-9-21(39)10-12-37/h5-6,15,17,19,21,26-27,39H,7-14,18H2,1-4H3,(H,34,40). The zero-order valence-corrected chi connectivity index (χ0v) is 25.1. The van der Waals surface area contributed by atoms with Gasteiger partial charge in [0.1, 0.15) is 17.9 Å². The Bertz CT molecular complexity index is 1260. The van der Waals surface area contributed by atoms with E-state index in [1.54, 1.807) is 18.2 Å². The van der Waals surface area contributed by atoms with Crippen molar-refractivity contribution in [1.29, 1.82) is 5.26 Å². The first kappa shape index (κ1) is 29.5. The lowest BCUT2D eigenvalue weighted by Gasteiger charge is -2.63. The second kappa shape index (κ2) is 11.7. The van der Waals surface area contributed by atoms with Crippen molar-refractivity contribution in [2.75, 3.05) is 37.6 Å². The van der Waals surface area contributed by atoms with Gasteiger partial charge in [-0.3, -0.25) is 4.79 Å². The van der Waals surface area contributed by atoms with Gasteiger partial charge in [-0.1, -0.05) is 39.3 Å². The molecule has 0 atom stereocenters. The Labute approximate surface area is 247 Å². The number of nitrogens with one attached hydrogen (secondary N) is 1. The molecule has 11 heteroatoms. The largest absolute Gasteiger partial charge is 0.489 e. The summed E-state index contributed by atoms with van der Waals surface area (Å²) in [7, 11) is 0. The summed E-state index contributed by atoms with van der Waals surface area (Å²) in [4.78, 5) is 22.3. The van der Waals surface area contributed by atoms with Crippen molar-refractivity contribution in [3.8, 4) is 11.8 Å². The quantitative estimate of drug-likeness (QED) is 0.503. The van der Waals surface area contributed by atoms with Crippen LogP contribution in [0.1, 0.15) is 69.4 Å². The summed E-state index contributed by atoms with van der Waals surface area (Å²) in [6.45, 7) is 13.0. The summed E-state index contributed by atoms with van der Waals surface area (Å²) in [6, 6.07) is 6.93. The van der Waals surface area contributed by atoms with Gasteiger partial charge in [0, 0.05) is 55.7 Å². The summed E-state index contributed by atoms with van der Waals surface area (Å²) in [5, 5.41) is 30.9. The highest BCUT2D eigenvalue weighted by Gasteiger charge is 2.64. The third kappa shape index (κ3) is 6.13. The third-order valence-corrected chi connectivity index (χ3v) is 9.50. The number of ether oxygens (including phenoxy) is 1. The minimum Gasteiger partial charge on any atom is -0.489 e. The molecule has 1 amide bonds. The number of hydrogen-bond acceptors (Lipinski definition) is 9. The average molecular weight is 582 g/mol. The predicted octanol–water partition coefficient (Wildman–Crippen LogP) is 3.68. The van der Waals surface area contributed by atoms with Crippen molar-refractivity contribution in [2.45, 2.75) is 71.6 Å². The molecule has 220 valence electrons. The van der Waals surface area contributed by atoms with Gasteiger partial charge in [0.2, 0.25) is 5.95 Å². The number of aromatic nitrogens is 3. The first-order chi connectivity index (χ1) is 19.5. The molecule has 10 nitrogen and oxygen atoms in total. The van der Waals surface area contributed by atoms with Gasteiger partial charge in [0.25, 0.3) is 5.91 Å². The van der Waals surface area contributed by atoms with Crippen LogP contribution in [0.5, 0.6) is 5.75 Å². The van der Waals surface area contributed by atoms with Gasteiger partial charge < -0.3 is 25.0 Å². The van der Waals surface area contributed by atoms with Crippen LogP contribution in [0.2, 0.25) is 5.02 Å². The maximum Gasteiger partial charge on any atom is 0.273 e. The van der Waals surface area contributed by atoms with E-state index in [1.165, 1.54) is 6.20 Å². The van der Waals surface area contributed by atoms with Crippen LogP contribution in [0.4, 0.5) is 5.95 Å². The summed E-state index contributed by atoms with van der Waals surface area (Å²) in [5.41, 5.74) is -0.167. The van der Waals surface area contributed by atoms with Crippen LogP contribution < -0.4 is 15.0 Å². The van der Waals surface area contributed by atoms with E-state index in [9.17, 15) is 9.90 Å². The fourth-order valence-electron chi connectivity index (χ4n) is 7.10. The number of nitrogens with zero attached hydrogens (tertiary/aromatic N) is 6. The number of halogens is 1. The van der Waals surface area contributed by atoms with Crippen LogP contribution in [-0.4, -0.2) is 82.1 Å². The van der Waals surface area contributed by atoms with Crippen molar-refractivity contribution in [3.63, 3.8) is 0 Å². The number of amides is 1.